The van der Waals surface area contributed by atoms with Crippen LogP contribution in [0.3, 0.4) is 0 Å². The Morgan fingerprint density at radius 2 is 1.93 bits per heavy atom. The quantitative estimate of drug-likeness (QED) is 0.586. The lowest BCUT2D eigenvalue weighted by Gasteiger charge is -2.16. The van der Waals surface area contributed by atoms with Crippen LogP contribution in [0.5, 0.6) is 0 Å². The molecule has 0 aromatic carbocycles. The van der Waals surface area contributed by atoms with Crippen LogP contribution in [0.25, 0.3) is 11.2 Å². The lowest BCUT2D eigenvalue weighted by atomic mass is 10.1. The number of hydrogen-bond donors (Lipinski definition) is 3. The molecular formula is C20H28N4O5. The Labute approximate surface area is 168 Å². The van der Waals surface area contributed by atoms with Crippen LogP contribution < -0.4 is 5.56 Å². The van der Waals surface area contributed by atoms with Gasteiger partial charge in [-0.2, -0.15) is 0 Å². The molecule has 9 heteroatoms. The standard InChI is InChI=1S/C20H28N4O5/c1-12(2)5-4-6-13(3)7-8-23-10-22-18-15(19(23)28)21-11-24(18)20-17(27)16(26)14(9-25)29-20/h5,7,10-11,14,16-17,20,25-27H,4,6,8-9H2,1-3H3/b13-7+. The summed E-state index contributed by atoms with van der Waals surface area (Å²) in [5.74, 6) is 0. The average molecular weight is 404 g/mol. The molecule has 1 saturated heterocycles. The van der Waals surface area contributed by atoms with Crippen molar-refractivity contribution in [2.24, 2.45) is 0 Å². The van der Waals surface area contributed by atoms with Crippen molar-refractivity contribution in [2.75, 3.05) is 6.61 Å². The molecule has 1 fully saturated rings. The van der Waals surface area contributed by atoms with Gasteiger partial charge in [0.15, 0.2) is 17.4 Å². The predicted octanol–water partition coefficient (Wildman–Crippen LogP) is 0.897. The van der Waals surface area contributed by atoms with Crippen LogP contribution in [0.4, 0.5) is 0 Å². The minimum Gasteiger partial charge on any atom is -0.394 e. The maximum atomic E-state index is 12.8. The molecule has 0 aliphatic carbocycles. The van der Waals surface area contributed by atoms with Crippen LogP contribution in [0, 0.1) is 0 Å². The second kappa shape index (κ2) is 9.00. The summed E-state index contributed by atoms with van der Waals surface area (Å²) in [5.41, 5.74) is 2.58. The van der Waals surface area contributed by atoms with Gasteiger partial charge in [0.2, 0.25) is 0 Å². The van der Waals surface area contributed by atoms with Crippen molar-refractivity contribution in [3.05, 3.63) is 46.3 Å². The molecule has 3 N–H and O–H groups in total. The van der Waals surface area contributed by atoms with Gasteiger partial charge in [-0.05, 0) is 33.6 Å². The van der Waals surface area contributed by atoms with E-state index >= 15 is 0 Å². The Bertz CT molecular complexity index is 973. The van der Waals surface area contributed by atoms with Crippen LogP contribution in [0.15, 0.2) is 40.7 Å². The largest absolute Gasteiger partial charge is 0.394 e. The molecule has 9 nitrogen and oxygen atoms in total. The molecule has 0 amide bonds. The number of imidazole rings is 1. The second-order valence-corrected chi connectivity index (χ2v) is 7.63. The van der Waals surface area contributed by atoms with Gasteiger partial charge in [-0.3, -0.25) is 13.9 Å². The summed E-state index contributed by atoms with van der Waals surface area (Å²) >= 11 is 0. The van der Waals surface area contributed by atoms with E-state index in [4.69, 9.17) is 4.74 Å². The molecule has 2 aromatic rings. The van der Waals surface area contributed by atoms with Crippen molar-refractivity contribution in [3.63, 3.8) is 0 Å². The molecule has 29 heavy (non-hydrogen) atoms. The third-order valence-corrected chi connectivity index (χ3v) is 5.07. The first-order chi connectivity index (χ1) is 13.8. The van der Waals surface area contributed by atoms with Crippen LogP contribution in [0.1, 0.15) is 39.8 Å². The number of aromatic nitrogens is 4. The highest BCUT2D eigenvalue weighted by molar-refractivity contribution is 5.69. The van der Waals surface area contributed by atoms with Crippen LogP contribution >= 0.6 is 0 Å². The van der Waals surface area contributed by atoms with Crippen molar-refractivity contribution in [1.82, 2.24) is 19.1 Å². The van der Waals surface area contributed by atoms with Crippen molar-refractivity contribution < 1.29 is 20.1 Å². The van der Waals surface area contributed by atoms with Gasteiger partial charge in [-0.25, -0.2) is 9.97 Å². The van der Waals surface area contributed by atoms with Crippen molar-refractivity contribution in [1.29, 1.82) is 0 Å². The highest BCUT2D eigenvalue weighted by Crippen LogP contribution is 2.30. The number of aliphatic hydroxyl groups is 3. The summed E-state index contributed by atoms with van der Waals surface area (Å²) in [6.45, 7) is 6.13. The fourth-order valence-electron chi connectivity index (χ4n) is 3.32. The molecule has 158 valence electrons. The number of hydrogen-bond acceptors (Lipinski definition) is 7. The van der Waals surface area contributed by atoms with Gasteiger partial charge in [-0.15, -0.1) is 0 Å². The van der Waals surface area contributed by atoms with Gasteiger partial charge >= 0.3 is 0 Å². The monoisotopic (exact) mass is 404 g/mol. The van der Waals surface area contributed by atoms with E-state index in [1.807, 2.05) is 13.0 Å². The summed E-state index contributed by atoms with van der Waals surface area (Å²) in [6.07, 6.45) is 4.47. The summed E-state index contributed by atoms with van der Waals surface area (Å²) in [5, 5.41) is 29.4. The molecule has 2 aromatic heterocycles. The molecule has 3 heterocycles. The van der Waals surface area contributed by atoms with E-state index in [1.165, 1.54) is 32.9 Å². The number of allylic oxidation sites excluding steroid dienone is 4. The lowest BCUT2D eigenvalue weighted by Crippen LogP contribution is -2.33. The minimum absolute atomic E-state index is 0.154. The van der Waals surface area contributed by atoms with Gasteiger partial charge in [0.05, 0.1) is 12.9 Å². The highest BCUT2D eigenvalue weighted by atomic mass is 16.6. The zero-order valence-electron chi connectivity index (χ0n) is 16.9. The maximum absolute atomic E-state index is 12.8. The summed E-state index contributed by atoms with van der Waals surface area (Å²) in [4.78, 5) is 21.2. The molecule has 1 aliphatic rings. The van der Waals surface area contributed by atoms with Crippen molar-refractivity contribution in [3.8, 4) is 0 Å². The van der Waals surface area contributed by atoms with Crippen molar-refractivity contribution in [2.45, 2.75) is 64.7 Å². The van der Waals surface area contributed by atoms with Crippen molar-refractivity contribution >= 4 is 11.2 Å². The molecule has 4 atom stereocenters. The van der Waals surface area contributed by atoms with Gasteiger partial charge in [0.25, 0.3) is 5.56 Å². The summed E-state index contributed by atoms with van der Waals surface area (Å²) in [7, 11) is 0. The van der Waals surface area contributed by atoms with Gasteiger partial charge < -0.3 is 20.1 Å². The normalized spacial score (nSPS) is 25.0. The van der Waals surface area contributed by atoms with E-state index in [0.29, 0.717) is 6.54 Å². The minimum atomic E-state index is -1.26. The highest BCUT2D eigenvalue weighted by Gasteiger charge is 2.44. The van der Waals surface area contributed by atoms with Gasteiger partial charge in [-0.1, -0.05) is 23.3 Å². The Morgan fingerprint density at radius 1 is 1.17 bits per heavy atom. The van der Waals surface area contributed by atoms with Gasteiger partial charge in [0, 0.05) is 6.54 Å². The topological polar surface area (TPSA) is 123 Å². The lowest BCUT2D eigenvalue weighted by molar-refractivity contribution is -0.0511. The van der Waals surface area contributed by atoms with Crippen LogP contribution in [-0.4, -0.2) is 59.3 Å². The fourth-order valence-corrected chi connectivity index (χ4v) is 3.32. The zero-order valence-corrected chi connectivity index (χ0v) is 16.9. The van der Waals surface area contributed by atoms with E-state index in [2.05, 4.69) is 29.9 Å². The number of fused-ring (bicyclic) bond motifs is 1. The molecule has 0 saturated carbocycles. The molecular weight excluding hydrogens is 376 g/mol. The predicted molar refractivity (Wildman–Crippen MR) is 107 cm³/mol. The van der Waals surface area contributed by atoms with Crippen LogP contribution in [0.2, 0.25) is 0 Å². The Balaban J connectivity index is 1.80. The van der Waals surface area contributed by atoms with E-state index in [9.17, 15) is 20.1 Å². The number of ether oxygens (including phenoxy) is 1. The summed E-state index contributed by atoms with van der Waals surface area (Å²) in [6, 6.07) is 0. The number of rotatable bonds is 7. The van der Waals surface area contributed by atoms with E-state index < -0.39 is 31.1 Å². The third kappa shape index (κ3) is 4.48. The maximum Gasteiger partial charge on any atom is 0.281 e. The van der Waals surface area contributed by atoms with E-state index in [0.717, 1.165) is 12.8 Å². The fraction of sp³-hybridized carbons (Fsp3) is 0.550. The second-order valence-electron chi connectivity index (χ2n) is 7.63. The number of aliphatic hydroxyl groups excluding tert-OH is 3. The first-order valence-corrected chi connectivity index (χ1v) is 9.67. The molecule has 1 aliphatic heterocycles. The number of nitrogens with zero attached hydrogens (tertiary/aromatic N) is 4. The Kier molecular flexibility index (Phi) is 6.63. The first-order valence-electron chi connectivity index (χ1n) is 9.67. The third-order valence-electron chi connectivity index (χ3n) is 5.07. The van der Waals surface area contributed by atoms with E-state index in [1.54, 1.807) is 0 Å². The average Bonchev–Trinajstić information content (AvgIpc) is 3.23. The SMILES string of the molecule is CC(C)=CCC/C(C)=C/Cn1cnc2c(ncn2C2OC(CO)C(O)C2O)c1=O. The molecule has 0 radical (unpaired) electrons. The van der Waals surface area contributed by atoms with Gasteiger partial charge in [0.1, 0.15) is 24.6 Å². The van der Waals surface area contributed by atoms with Crippen LogP contribution in [-0.2, 0) is 11.3 Å². The molecule has 0 spiro atoms. The first kappa shape index (κ1) is 21.4. The molecule has 4 unspecified atom stereocenters. The Hall–Kier alpha value is -2.33. The molecule has 3 rings (SSSR count). The summed E-state index contributed by atoms with van der Waals surface area (Å²) < 4.78 is 8.38. The Morgan fingerprint density at radius 3 is 2.59 bits per heavy atom. The van der Waals surface area contributed by atoms with E-state index in [-0.39, 0.29) is 16.7 Å². The smallest absolute Gasteiger partial charge is 0.281 e. The zero-order chi connectivity index (χ0) is 21.1. The molecule has 0 bridgehead atoms.